The maximum atomic E-state index is 6.39. The molecular formula is C20H29N3O. The molecule has 0 bridgehead atoms. The van der Waals surface area contributed by atoms with Crippen LogP contribution in [0, 0.1) is 5.92 Å². The van der Waals surface area contributed by atoms with E-state index < -0.39 is 0 Å². The van der Waals surface area contributed by atoms with Gasteiger partial charge in [0, 0.05) is 24.9 Å². The van der Waals surface area contributed by atoms with Crippen LogP contribution in [0.25, 0.3) is 0 Å². The largest absolute Gasteiger partial charge is 0.356 e. The maximum Gasteiger partial charge on any atom is 0.124 e. The van der Waals surface area contributed by atoms with Gasteiger partial charge in [-0.25, -0.2) is 4.98 Å². The summed E-state index contributed by atoms with van der Waals surface area (Å²) < 4.78 is 7.89. The summed E-state index contributed by atoms with van der Waals surface area (Å²) in [6.07, 6.45) is 12.6. The lowest BCUT2D eigenvalue weighted by atomic mass is 9.84. The fraction of sp³-hybridized carbons (Fsp3) is 0.550. The van der Waals surface area contributed by atoms with E-state index in [-0.39, 0.29) is 6.04 Å². The number of hydrogen-bond donors (Lipinski definition) is 1. The minimum absolute atomic E-state index is 0.198. The van der Waals surface area contributed by atoms with Gasteiger partial charge in [-0.1, -0.05) is 62.4 Å². The van der Waals surface area contributed by atoms with Crippen molar-refractivity contribution in [1.29, 1.82) is 0 Å². The zero-order valence-corrected chi connectivity index (χ0v) is 14.4. The smallest absolute Gasteiger partial charge is 0.124 e. The molecule has 0 saturated heterocycles. The van der Waals surface area contributed by atoms with Gasteiger partial charge in [0.05, 0.1) is 6.61 Å². The first-order valence-electron chi connectivity index (χ1n) is 9.18. The molecule has 1 aliphatic rings. The third-order valence-electron chi connectivity index (χ3n) is 4.95. The van der Waals surface area contributed by atoms with E-state index in [1.54, 1.807) is 0 Å². The number of hydrogen-bond acceptors (Lipinski definition) is 3. The Labute approximate surface area is 145 Å². The van der Waals surface area contributed by atoms with Crippen LogP contribution >= 0.6 is 0 Å². The van der Waals surface area contributed by atoms with E-state index in [0.29, 0.717) is 13.3 Å². The summed E-state index contributed by atoms with van der Waals surface area (Å²) in [5.74, 6) is 1.85. The van der Waals surface area contributed by atoms with Gasteiger partial charge in [-0.3, -0.25) is 0 Å². The summed E-state index contributed by atoms with van der Waals surface area (Å²) in [4.78, 5) is 4.48. The molecule has 1 aromatic heterocycles. The van der Waals surface area contributed by atoms with Crippen LogP contribution in [-0.2, 0) is 24.5 Å². The summed E-state index contributed by atoms with van der Waals surface area (Å²) in [5.41, 5.74) is 7.58. The molecule has 0 radical (unpaired) electrons. The van der Waals surface area contributed by atoms with Crippen LogP contribution in [0.4, 0.5) is 0 Å². The molecule has 0 aliphatic heterocycles. The van der Waals surface area contributed by atoms with E-state index >= 15 is 0 Å². The average Bonchev–Trinajstić information content (AvgIpc) is 3.04. The van der Waals surface area contributed by atoms with E-state index in [0.717, 1.165) is 24.6 Å². The highest BCUT2D eigenvalue weighted by molar-refractivity contribution is 5.13. The Morgan fingerprint density at radius 1 is 1.17 bits per heavy atom. The topological polar surface area (TPSA) is 53.1 Å². The van der Waals surface area contributed by atoms with Crippen molar-refractivity contribution in [1.82, 2.24) is 9.55 Å². The first-order chi connectivity index (χ1) is 11.8. The molecule has 1 heterocycles. The molecule has 2 aromatic rings. The number of rotatable bonds is 8. The summed E-state index contributed by atoms with van der Waals surface area (Å²) in [6.45, 7) is 1.15. The monoisotopic (exact) mass is 327 g/mol. The molecule has 24 heavy (non-hydrogen) atoms. The molecule has 1 aliphatic carbocycles. The predicted octanol–water partition coefficient (Wildman–Crippen LogP) is 3.90. The lowest BCUT2D eigenvalue weighted by Crippen LogP contribution is -2.28. The zero-order chi connectivity index (χ0) is 16.6. The molecule has 0 amide bonds. The third kappa shape index (κ3) is 5.18. The number of imidazole rings is 1. The van der Waals surface area contributed by atoms with E-state index in [2.05, 4.69) is 21.7 Å². The standard InChI is InChI=1S/C20H29N3O/c21-19(13-17-7-3-1-4-8-17)14-20-22-11-12-23(20)16-24-15-18-9-5-2-6-10-18/h2,5-6,9-12,17,19H,1,3-4,7-8,13-16,21H2/t19-/m1/s1. The highest BCUT2D eigenvalue weighted by Crippen LogP contribution is 2.27. The van der Waals surface area contributed by atoms with Crippen LogP contribution in [0.3, 0.4) is 0 Å². The molecule has 0 spiro atoms. The second-order valence-electron chi connectivity index (χ2n) is 6.98. The molecular weight excluding hydrogens is 298 g/mol. The van der Waals surface area contributed by atoms with Crippen molar-refractivity contribution in [3.8, 4) is 0 Å². The number of ether oxygens (including phenoxy) is 1. The first kappa shape index (κ1) is 17.2. The normalized spacial score (nSPS) is 17.0. The minimum atomic E-state index is 0.198. The highest BCUT2D eigenvalue weighted by Gasteiger charge is 2.18. The Balaban J connectivity index is 1.45. The molecule has 1 aromatic carbocycles. The van der Waals surface area contributed by atoms with Crippen molar-refractivity contribution in [3.05, 3.63) is 54.1 Å². The van der Waals surface area contributed by atoms with Gasteiger partial charge in [-0.2, -0.15) is 0 Å². The van der Waals surface area contributed by atoms with Crippen LogP contribution in [0.5, 0.6) is 0 Å². The van der Waals surface area contributed by atoms with Crippen molar-refractivity contribution >= 4 is 0 Å². The second-order valence-corrected chi connectivity index (χ2v) is 6.98. The van der Waals surface area contributed by atoms with E-state index in [1.807, 2.05) is 30.6 Å². The Bertz CT molecular complexity index is 590. The Hall–Kier alpha value is -1.65. The number of nitrogens with two attached hydrogens (primary N) is 1. The third-order valence-corrected chi connectivity index (χ3v) is 4.95. The van der Waals surface area contributed by atoms with E-state index in [9.17, 15) is 0 Å². The SMILES string of the molecule is N[C@@H](Cc1nccn1COCc1ccccc1)CC1CCCCC1. The lowest BCUT2D eigenvalue weighted by Gasteiger charge is -2.24. The molecule has 1 atom stereocenters. The van der Waals surface area contributed by atoms with E-state index in [1.165, 1.54) is 37.7 Å². The molecule has 1 fully saturated rings. The lowest BCUT2D eigenvalue weighted by molar-refractivity contribution is 0.0619. The number of nitrogens with zero attached hydrogens (tertiary/aromatic N) is 2. The summed E-state index contributed by atoms with van der Waals surface area (Å²) >= 11 is 0. The van der Waals surface area contributed by atoms with Crippen LogP contribution in [-0.4, -0.2) is 15.6 Å². The summed E-state index contributed by atoms with van der Waals surface area (Å²) in [7, 11) is 0. The molecule has 3 rings (SSSR count). The van der Waals surface area contributed by atoms with Gasteiger partial charge in [0.15, 0.2) is 0 Å². The Morgan fingerprint density at radius 2 is 1.96 bits per heavy atom. The molecule has 2 N–H and O–H groups in total. The van der Waals surface area contributed by atoms with Gasteiger partial charge >= 0.3 is 0 Å². The predicted molar refractivity (Wildman–Crippen MR) is 96.3 cm³/mol. The fourth-order valence-electron chi connectivity index (χ4n) is 3.65. The van der Waals surface area contributed by atoms with E-state index in [4.69, 9.17) is 10.5 Å². The second kappa shape index (κ2) is 9.00. The molecule has 4 heteroatoms. The quantitative estimate of drug-likeness (QED) is 0.800. The fourth-order valence-corrected chi connectivity index (χ4v) is 3.65. The van der Waals surface area contributed by atoms with Gasteiger partial charge in [0.1, 0.15) is 12.6 Å². The highest BCUT2D eigenvalue weighted by atomic mass is 16.5. The zero-order valence-electron chi connectivity index (χ0n) is 14.4. The average molecular weight is 327 g/mol. The van der Waals surface area contributed by atoms with Crippen molar-refractivity contribution in [2.24, 2.45) is 11.7 Å². The van der Waals surface area contributed by atoms with Crippen molar-refractivity contribution in [2.75, 3.05) is 0 Å². The summed E-state index contributed by atoms with van der Waals surface area (Å²) in [5, 5.41) is 0. The molecule has 4 nitrogen and oxygen atoms in total. The van der Waals surface area contributed by atoms with Crippen molar-refractivity contribution in [2.45, 2.75) is 64.3 Å². The van der Waals surface area contributed by atoms with Gasteiger partial charge < -0.3 is 15.0 Å². The number of benzene rings is 1. The first-order valence-corrected chi connectivity index (χ1v) is 9.18. The van der Waals surface area contributed by atoms with Crippen LogP contribution in [0.2, 0.25) is 0 Å². The minimum Gasteiger partial charge on any atom is -0.356 e. The molecule has 130 valence electrons. The van der Waals surface area contributed by atoms with Gasteiger partial charge in [0.2, 0.25) is 0 Å². The van der Waals surface area contributed by atoms with Crippen LogP contribution < -0.4 is 5.73 Å². The molecule has 0 unspecified atom stereocenters. The van der Waals surface area contributed by atoms with Gasteiger partial charge in [-0.05, 0) is 17.9 Å². The number of aromatic nitrogens is 2. The Morgan fingerprint density at radius 3 is 2.75 bits per heavy atom. The Kier molecular flexibility index (Phi) is 6.44. The maximum absolute atomic E-state index is 6.39. The van der Waals surface area contributed by atoms with Gasteiger partial charge in [-0.15, -0.1) is 0 Å². The van der Waals surface area contributed by atoms with Crippen molar-refractivity contribution < 1.29 is 4.74 Å². The summed E-state index contributed by atoms with van der Waals surface area (Å²) in [6, 6.07) is 10.4. The van der Waals surface area contributed by atoms with Gasteiger partial charge in [0.25, 0.3) is 0 Å². The van der Waals surface area contributed by atoms with Crippen LogP contribution in [0.15, 0.2) is 42.7 Å². The van der Waals surface area contributed by atoms with Crippen molar-refractivity contribution in [3.63, 3.8) is 0 Å². The molecule has 1 saturated carbocycles. The van der Waals surface area contributed by atoms with Crippen LogP contribution in [0.1, 0.15) is 49.9 Å².